The van der Waals surface area contributed by atoms with Crippen molar-refractivity contribution in [3.05, 3.63) is 63.7 Å². The van der Waals surface area contributed by atoms with Gasteiger partial charge in [-0.3, -0.25) is 5.01 Å². The van der Waals surface area contributed by atoms with E-state index in [0.29, 0.717) is 23.1 Å². The van der Waals surface area contributed by atoms with Crippen LogP contribution in [-0.2, 0) is 11.3 Å². The maximum absolute atomic E-state index is 11.3. The highest BCUT2D eigenvalue weighted by Gasteiger charge is 2.46. The highest BCUT2D eigenvalue weighted by molar-refractivity contribution is 6.32. The molecule has 0 unspecified atom stereocenters. The average Bonchev–Trinajstić information content (AvgIpc) is 3.40. The fourth-order valence-electron chi connectivity index (χ4n) is 4.90. The summed E-state index contributed by atoms with van der Waals surface area (Å²) < 4.78 is 6.26. The molecule has 2 heterocycles. The number of anilines is 1. The number of carbonyl (C=O) groups is 1. The summed E-state index contributed by atoms with van der Waals surface area (Å²) in [5.74, 6) is -0.503. The first-order valence-corrected chi connectivity index (χ1v) is 10.5. The Bertz CT molecular complexity index is 1100. The highest BCUT2D eigenvalue weighted by Crippen LogP contribution is 2.42. The van der Waals surface area contributed by atoms with E-state index in [-0.39, 0.29) is 17.7 Å². The minimum atomic E-state index is -0.953. The van der Waals surface area contributed by atoms with Gasteiger partial charge in [-0.15, -0.1) is 0 Å². The summed E-state index contributed by atoms with van der Waals surface area (Å²) in [6.45, 7) is 0.366. The number of hydrogen-bond donors (Lipinski definition) is 1. The van der Waals surface area contributed by atoms with Gasteiger partial charge in [-0.2, -0.15) is 10.4 Å². The second-order valence-electron chi connectivity index (χ2n) is 8.05. The van der Waals surface area contributed by atoms with Crippen molar-refractivity contribution in [2.45, 2.75) is 44.4 Å². The molecular weight excluding hydrogens is 402 g/mol. The number of rotatable bonds is 3. The molecule has 2 atom stereocenters. The van der Waals surface area contributed by atoms with Gasteiger partial charge in [0.05, 0.1) is 40.2 Å². The standard InChI is InChI=1S/C23H20ClN3O3/c24-19-10-17(7-5-15(19)11-25)27-21(13-3-1-2-4-13)22-20(26-27)18-8-6-14(23(28)29)9-16(18)12-30-22/h5-10,13,21-22H,1-4,12H2,(H,28,29)/t21-,22-/m1/s1. The molecule has 6 nitrogen and oxygen atoms in total. The number of carboxylic acid groups (broad SMARTS) is 1. The van der Waals surface area contributed by atoms with Gasteiger partial charge in [0, 0.05) is 5.56 Å². The van der Waals surface area contributed by atoms with Crippen molar-refractivity contribution >= 4 is 29.0 Å². The maximum atomic E-state index is 11.3. The molecule has 30 heavy (non-hydrogen) atoms. The molecule has 1 fully saturated rings. The Morgan fingerprint density at radius 2 is 2.03 bits per heavy atom. The third-order valence-corrected chi connectivity index (χ3v) is 6.66. The second kappa shape index (κ2) is 7.42. The van der Waals surface area contributed by atoms with E-state index in [1.54, 1.807) is 24.3 Å². The van der Waals surface area contributed by atoms with Gasteiger partial charge in [0.1, 0.15) is 12.2 Å². The number of hydrogen-bond acceptors (Lipinski definition) is 5. The Kier molecular flexibility index (Phi) is 4.73. The summed E-state index contributed by atoms with van der Waals surface area (Å²) in [6.07, 6.45) is 4.47. The molecule has 0 radical (unpaired) electrons. The Labute approximate surface area is 179 Å². The molecule has 7 heteroatoms. The summed E-state index contributed by atoms with van der Waals surface area (Å²) in [6, 6.07) is 12.7. The lowest BCUT2D eigenvalue weighted by Gasteiger charge is -2.34. The molecule has 1 N–H and O–H groups in total. The van der Waals surface area contributed by atoms with Crippen LogP contribution in [0.3, 0.4) is 0 Å². The van der Waals surface area contributed by atoms with Crippen molar-refractivity contribution in [2.75, 3.05) is 5.01 Å². The quantitative estimate of drug-likeness (QED) is 0.783. The van der Waals surface area contributed by atoms with E-state index in [4.69, 9.17) is 21.4 Å². The fourth-order valence-corrected chi connectivity index (χ4v) is 5.12. The first kappa shape index (κ1) is 19.1. The number of nitrogens with zero attached hydrogens (tertiary/aromatic N) is 3. The normalized spacial score (nSPS) is 22.9. The lowest BCUT2D eigenvalue weighted by molar-refractivity contribution is 0.0537. The van der Waals surface area contributed by atoms with Gasteiger partial charge in [0.25, 0.3) is 0 Å². The number of carboxylic acids is 1. The van der Waals surface area contributed by atoms with E-state index in [9.17, 15) is 15.2 Å². The molecule has 5 rings (SSSR count). The first-order chi connectivity index (χ1) is 14.6. The predicted octanol–water partition coefficient (Wildman–Crippen LogP) is 4.59. The van der Waals surface area contributed by atoms with Gasteiger partial charge in [0.15, 0.2) is 0 Å². The van der Waals surface area contributed by atoms with Crippen molar-refractivity contribution in [2.24, 2.45) is 11.0 Å². The maximum Gasteiger partial charge on any atom is 0.335 e. The van der Waals surface area contributed by atoms with E-state index in [1.165, 1.54) is 12.8 Å². The molecule has 0 bridgehead atoms. The van der Waals surface area contributed by atoms with Gasteiger partial charge in [-0.25, -0.2) is 4.79 Å². The van der Waals surface area contributed by atoms with E-state index in [2.05, 4.69) is 6.07 Å². The van der Waals surface area contributed by atoms with Crippen LogP contribution in [-0.4, -0.2) is 28.9 Å². The van der Waals surface area contributed by atoms with Gasteiger partial charge < -0.3 is 9.84 Å². The first-order valence-electron chi connectivity index (χ1n) is 10.1. The van der Waals surface area contributed by atoms with Crippen LogP contribution in [0.25, 0.3) is 0 Å². The van der Waals surface area contributed by atoms with Crippen molar-refractivity contribution < 1.29 is 14.6 Å². The number of aromatic carboxylic acids is 1. The monoisotopic (exact) mass is 421 g/mol. The largest absolute Gasteiger partial charge is 0.478 e. The molecule has 1 aliphatic carbocycles. The fraction of sp³-hybridized carbons (Fsp3) is 0.348. The summed E-state index contributed by atoms with van der Waals surface area (Å²) in [5, 5.41) is 25.9. The van der Waals surface area contributed by atoms with Gasteiger partial charge in [-0.1, -0.05) is 30.5 Å². The van der Waals surface area contributed by atoms with Crippen LogP contribution in [0.15, 0.2) is 41.5 Å². The topological polar surface area (TPSA) is 85.9 Å². The van der Waals surface area contributed by atoms with Crippen LogP contribution in [0.5, 0.6) is 0 Å². The minimum absolute atomic E-state index is 0.0544. The minimum Gasteiger partial charge on any atom is -0.478 e. The van der Waals surface area contributed by atoms with Crippen LogP contribution < -0.4 is 5.01 Å². The van der Waals surface area contributed by atoms with Crippen LogP contribution in [0.4, 0.5) is 5.69 Å². The Morgan fingerprint density at radius 1 is 1.23 bits per heavy atom. The molecule has 2 aromatic rings. The molecule has 2 aliphatic heterocycles. The molecular formula is C23H20ClN3O3. The van der Waals surface area contributed by atoms with Crippen molar-refractivity contribution in [3.8, 4) is 6.07 Å². The second-order valence-corrected chi connectivity index (χ2v) is 8.46. The third-order valence-electron chi connectivity index (χ3n) is 6.34. The number of hydrazone groups is 1. The van der Waals surface area contributed by atoms with Crippen molar-refractivity contribution in [1.29, 1.82) is 5.26 Å². The lowest BCUT2D eigenvalue weighted by atomic mass is 9.86. The van der Waals surface area contributed by atoms with E-state index < -0.39 is 5.97 Å². The molecule has 0 aromatic heterocycles. The zero-order chi connectivity index (χ0) is 20.8. The predicted molar refractivity (Wildman–Crippen MR) is 113 cm³/mol. The Morgan fingerprint density at radius 3 is 2.73 bits per heavy atom. The smallest absolute Gasteiger partial charge is 0.335 e. The zero-order valence-corrected chi connectivity index (χ0v) is 17.0. The van der Waals surface area contributed by atoms with E-state index in [0.717, 1.165) is 35.4 Å². The van der Waals surface area contributed by atoms with E-state index in [1.807, 2.05) is 17.1 Å². The molecule has 0 saturated heterocycles. The third kappa shape index (κ3) is 3.06. The van der Waals surface area contributed by atoms with E-state index >= 15 is 0 Å². The van der Waals surface area contributed by atoms with Crippen LogP contribution in [0.2, 0.25) is 5.02 Å². The summed E-state index contributed by atoms with van der Waals surface area (Å²) in [4.78, 5) is 11.3. The van der Waals surface area contributed by atoms with Gasteiger partial charge in [0.2, 0.25) is 0 Å². The summed E-state index contributed by atoms with van der Waals surface area (Å²) >= 11 is 6.31. The average molecular weight is 422 g/mol. The highest BCUT2D eigenvalue weighted by atomic mass is 35.5. The number of fused-ring (bicyclic) bond motifs is 3. The number of halogens is 1. The van der Waals surface area contributed by atoms with Crippen LogP contribution in [0.1, 0.15) is 52.7 Å². The molecule has 2 aromatic carbocycles. The van der Waals surface area contributed by atoms with Gasteiger partial charge >= 0.3 is 5.97 Å². The molecule has 3 aliphatic rings. The zero-order valence-electron chi connectivity index (χ0n) is 16.2. The number of benzene rings is 2. The summed E-state index contributed by atoms with van der Waals surface area (Å²) in [5.41, 5.74) is 4.15. The Hall–Kier alpha value is -2.88. The van der Waals surface area contributed by atoms with Crippen LogP contribution in [0, 0.1) is 17.2 Å². The number of ether oxygens (including phenoxy) is 1. The van der Waals surface area contributed by atoms with Gasteiger partial charge in [-0.05, 0) is 54.7 Å². The number of nitriles is 1. The molecule has 1 saturated carbocycles. The molecule has 152 valence electrons. The SMILES string of the molecule is N#Cc1ccc(N2N=C3c4ccc(C(=O)O)cc4CO[C@H]3[C@H]2C2CCCC2)cc1Cl. The Balaban J connectivity index is 1.59. The molecule has 0 spiro atoms. The summed E-state index contributed by atoms with van der Waals surface area (Å²) in [7, 11) is 0. The molecule has 0 amide bonds. The van der Waals surface area contributed by atoms with Crippen molar-refractivity contribution in [1.82, 2.24) is 0 Å². The van der Waals surface area contributed by atoms with Crippen LogP contribution >= 0.6 is 11.6 Å². The lowest BCUT2D eigenvalue weighted by Crippen LogP contribution is -2.45. The van der Waals surface area contributed by atoms with Crippen molar-refractivity contribution in [3.63, 3.8) is 0 Å².